The number of para-hydroxylation sites is 1. The Bertz CT molecular complexity index is 966. The van der Waals surface area contributed by atoms with E-state index in [9.17, 15) is 9.90 Å². The van der Waals surface area contributed by atoms with E-state index in [1.54, 1.807) is 38.3 Å². The molecule has 0 fully saturated rings. The van der Waals surface area contributed by atoms with Gasteiger partial charge in [-0.15, -0.1) is 0 Å². The van der Waals surface area contributed by atoms with Crippen molar-refractivity contribution < 1.29 is 14.6 Å². The maximum atomic E-state index is 12.2. The first-order valence-electron chi connectivity index (χ1n) is 7.81. The molecule has 1 aromatic heterocycles. The van der Waals surface area contributed by atoms with Gasteiger partial charge in [0.1, 0.15) is 16.4 Å². The standard InChI is InChI=1S/C19H17N3O3S/c1-12-9-13(7-8-16(12)23)11-20-21-19(24)18-10-15(22-26-18)14-5-3-4-6-17(14)25-2/h3-11,23H,1-2H3,(H,21,24)/b20-11+. The van der Waals surface area contributed by atoms with Crippen LogP contribution in [0.4, 0.5) is 0 Å². The van der Waals surface area contributed by atoms with Gasteiger partial charge in [0.15, 0.2) is 0 Å². The number of carbonyl (C=O) groups excluding carboxylic acids is 1. The van der Waals surface area contributed by atoms with Crippen LogP contribution in [-0.4, -0.2) is 28.7 Å². The first-order chi connectivity index (χ1) is 12.6. The minimum Gasteiger partial charge on any atom is -0.508 e. The third-order valence-electron chi connectivity index (χ3n) is 3.72. The van der Waals surface area contributed by atoms with Crippen molar-refractivity contribution >= 4 is 23.7 Å². The fourth-order valence-electron chi connectivity index (χ4n) is 2.34. The summed E-state index contributed by atoms with van der Waals surface area (Å²) in [5.41, 5.74) is 5.50. The minimum atomic E-state index is -0.338. The van der Waals surface area contributed by atoms with Crippen molar-refractivity contribution in [2.75, 3.05) is 7.11 Å². The van der Waals surface area contributed by atoms with Crippen LogP contribution in [0.2, 0.25) is 0 Å². The van der Waals surface area contributed by atoms with E-state index >= 15 is 0 Å². The van der Waals surface area contributed by atoms with Crippen LogP contribution < -0.4 is 10.2 Å². The number of carbonyl (C=O) groups is 1. The Morgan fingerprint density at radius 3 is 2.85 bits per heavy atom. The number of hydrogen-bond donors (Lipinski definition) is 2. The maximum Gasteiger partial charge on any atom is 0.283 e. The molecular weight excluding hydrogens is 350 g/mol. The van der Waals surface area contributed by atoms with E-state index in [1.165, 1.54) is 6.21 Å². The number of aromatic nitrogens is 1. The number of hydrazone groups is 1. The van der Waals surface area contributed by atoms with Crippen molar-refractivity contribution in [2.45, 2.75) is 6.92 Å². The number of phenolic OH excluding ortho intramolecular Hbond substituents is 1. The van der Waals surface area contributed by atoms with Crippen molar-refractivity contribution in [3.63, 3.8) is 0 Å². The summed E-state index contributed by atoms with van der Waals surface area (Å²) in [5, 5.41) is 13.5. The highest BCUT2D eigenvalue weighted by Gasteiger charge is 2.13. The van der Waals surface area contributed by atoms with Gasteiger partial charge in [-0.25, -0.2) is 5.43 Å². The van der Waals surface area contributed by atoms with E-state index in [-0.39, 0.29) is 11.7 Å². The zero-order valence-corrected chi connectivity index (χ0v) is 15.1. The Balaban J connectivity index is 1.70. The van der Waals surface area contributed by atoms with E-state index < -0.39 is 0 Å². The van der Waals surface area contributed by atoms with Gasteiger partial charge in [0.25, 0.3) is 5.91 Å². The third kappa shape index (κ3) is 3.89. The molecule has 0 atom stereocenters. The molecule has 7 heteroatoms. The summed E-state index contributed by atoms with van der Waals surface area (Å²) in [6.45, 7) is 1.79. The van der Waals surface area contributed by atoms with Gasteiger partial charge >= 0.3 is 0 Å². The highest BCUT2D eigenvalue weighted by atomic mass is 32.1. The van der Waals surface area contributed by atoms with Crippen LogP contribution in [0.25, 0.3) is 11.3 Å². The molecule has 132 valence electrons. The number of methoxy groups -OCH3 is 1. The average Bonchev–Trinajstić information content (AvgIpc) is 3.14. The van der Waals surface area contributed by atoms with Gasteiger partial charge in [-0.1, -0.05) is 12.1 Å². The van der Waals surface area contributed by atoms with Crippen LogP contribution in [0.15, 0.2) is 53.6 Å². The SMILES string of the molecule is COc1ccccc1-c1cc(C(=O)N/N=C/c2ccc(O)c(C)c2)sn1. The van der Waals surface area contributed by atoms with Crippen LogP contribution in [0.1, 0.15) is 20.8 Å². The summed E-state index contributed by atoms with van der Waals surface area (Å²) in [6.07, 6.45) is 1.52. The van der Waals surface area contributed by atoms with Gasteiger partial charge in [0.05, 0.1) is 19.0 Å². The molecule has 0 saturated carbocycles. The number of ether oxygens (including phenoxy) is 1. The van der Waals surface area contributed by atoms with Gasteiger partial charge < -0.3 is 9.84 Å². The molecule has 6 nitrogen and oxygen atoms in total. The van der Waals surface area contributed by atoms with Crippen molar-refractivity contribution in [2.24, 2.45) is 5.10 Å². The van der Waals surface area contributed by atoms with Crippen LogP contribution in [0, 0.1) is 6.92 Å². The molecule has 0 radical (unpaired) electrons. The number of aromatic hydroxyl groups is 1. The first-order valence-corrected chi connectivity index (χ1v) is 8.59. The molecule has 0 aliphatic heterocycles. The highest BCUT2D eigenvalue weighted by Crippen LogP contribution is 2.30. The van der Waals surface area contributed by atoms with Gasteiger partial charge in [-0.05, 0) is 66.0 Å². The fraction of sp³-hybridized carbons (Fsp3) is 0.105. The maximum absolute atomic E-state index is 12.2. The molecule has 0 bridgehead atoms. The molecule has 0 aliphatic carbocycles. The van der Waals surface area contributed by atoms with Crippen LogP contribution in [-0.2, 0) is 0 Å². The molecule has 0 aliphatic rings. The van der Waals surface area contributed by atoms with Gasteiger partial charge in [-0.3, -0.25) is 4.79 Å². The van der Waals surface area contributed by atoms with Gasteiger partial charge in [0.2, 0.25) is 0 Å². The Morgan fingerprint density at radius 2 is 2.08 bits per heavy atom. The van der Waals surface area contributed by atoms with E-state index in [2.05, 4.69) is 14.9 Å². The Morgan fingerprint density at radius 1 is 1.27 bits per heavy atom. The van der Waals surface area contributed by atoms with E-state index in [1.807, 2.05) is 24.3 Å². The summed E-state index contributed by atoms with van der Waals surface area (Å²) in [5.74, 6) is 0.584. The lowest BCUT2D eigenvalue weighted by atomic mass is 10.1. The molecule has 0 spiro atoms. The lowest BCUT2D eigenvalue weighted by Gasteiger charge is -2.04. The van der Waals surface area contributed by atoms with E-state index in [0.29, 0.717) is 16.3 Å². The van der Waals surface area contributed by atoms with Gasteiger partial charge in [-0.2, -0.15) is 9.47 Å². The zero-order chi connectivity index (χ0) is 18.5. The highest BCUT2D eigenvalue weighted by molar-refractivity contribution is 7.08. The third-order valence-corrected chi connectivity index (χ3v) is 4.51. The summed E-state index contributed by atoms with van der Waals surface area (Å²) >= 11 is 1.10. The second-order valence-corrected chi connectivity index (χ2v) is 6.33. The number of aryl methyl sites for hydroxylation is 1. The number of nitrogens with one attached hydrogen (secondary N) is 1. The van der Waals surface area contributed by atoms with Crippen molar-refractivity contribution in [1.29, 1.82) is 0 Å². The van der Waals surface area contributed by atoms with Crippen molar-refractivity contribution in [3.8, 4) is 22.8 Å². The van der Waals surface area contributed by atoms with Crippen molar-refractivity contribution in [1.82, 2.24) is 9.80 Å². The van der Waals surface area contributed by atoms with Crippen LogP contribution >= 0.6 is 11.5 Å². The summed E-state index contributed by atoms with van der Waals surface area (Å²) in [7, 11) is 1.60. The minimum absolute atomic E-state index is 0.222. The molecule has 2 N–H and O–H groups in total. The molecule has 3 rings (SSSR count). The quantitative estimate of drug-likeness (QED) is 0.533. The summed E-state index contributed by atoms with van der Waals surface area (Å²) < 4.78 is 9.65. The smallest absolute Gasteiger partial charge is 0.283 e. The molecule has 1 amide bonds. The molecule has 2 aromatic carbocycles. The van der Waals surface area contributed by atoms with E-state index in [0.717, 1.165) is 28.2 Å². The van der Waals surface area contributed by atoms with Gasteiger partial charge in [0, 0.05) is 5.56 Å². The fourth-order valence-corrected chi connectivity index (χ4v) is 2.99. The Hall–Kier alpha value is -3.19. The predicted octanol–water partition coefficient (Wildman–Crippen LogP) is 3.60. The Labute approximate surface area is 154 Å². The molecule has 26 heavy (non-hydrogen) atoms. The molecular formula is C19H17N3O3S. The van der Waals surface area contributed by atoms with Crippen LogP contribution in [0.5, 0.6) is 11.5 Å². The second-order valence-electron chi connectivity index (χ2n) is 5.52. The van der Waals surface area contributed by atoms with E-state index in [4.69, 9.17) is 4.74 Å². The number of benzene rings is 2. The largest absolute Gasteiger partial charge is 0.508 e. The summed E-state index contributed by atoms with van der Waals surface area (Å²) in [6, 6.07) is 14.3. The molecule has 0 unspecified atom stereocenters. The Kier molecular flexibility index (Phi) is 5.28. The lowest BCUT2D eigenvalue weighted by Crippen LogP contribution is -2.16. The van der Waals surface area contributed by atoms with Crippen LogP contribution in [0.3, 0.4) is 0 Å². The topological polar surface area (TPSA) is 83.8 Å². The number of nitrogens with zero attached hydrogens (tertiary/aromatic N) is 2. The normalized spacial score (nSPS) is 10.8. The number of phenols is 1. The number of amides is 1. The predicted molar refractivity (Wildman–Crippen MR) is 102 cm³/mol. The van der Waals surface area contributed by atoms with Crippen molar-refractivity contribution in [3.05, 3.63) is 64.5 Å². The number of rotatable bonds is 5. The molecule has 0 saturated heterocycles. The second kappa shape index (κ2) is 7.79. The average molecular weight is 367 g/mol. The molecule has 1 heterocycles. The number of hydrogen-bond acceptors (Lipinski definition) is 6. The lowest BCUT2D eigenvalue weighted by molar-refractivity contribution is 0.0959. The summed E-state index contributed by atoms with van der Waals surface area (Å²) in [4.78, 5) is 12.7. The molecule has 3 aromatic rings. The monoisotopic (exact) mass is 367 g/mol. The first kappa shape index (κ1) is 17.6. The zero-order valence-electron chi connectivity index (χ0n) is 14.3.